The molecule has 0 unspecified atom stereocenters. The van der Waals surface area contributed by atoms with Crippen LogP contribution in [0.5, 0.6) is 5.75 Å². The Morgan fingerprint density at radius 2 is 1.80 bits per heavy atom. The smallest absolute Gasteiger partial charge is 0.305 e. The van der Waals surface area contributed by atoms with Crippen molar-refractivity contribution in [2.75, 3.05) is 19.8 Å². The van der Waals surface area contributed by atoms with Crippen molar-refractivity contribution < 1.29 is 19.1 Å². The summed E-state index contributed by atoms with van der Waals surface area (Å²) in [7, 11) is 0. The van der Waals surface area contributed by atoms with Gasteiger partial charge in [-0.3, -0.25) is 9.59 Å². The minimum absolute atomic E-state index is 0.156. The predicted molar refractivity (Wildman–Crippen MR) is 75.8 cm³/mol. The van der Waals surface area contributed by atoms with Gasteiger partial charge in [0.1, 0.15) is 5.75 Å². The van der Waals surface area contributed by atoms with E-state index in [0.29, 0.717) is 38.2 Å². The van der Waals surface area contributed by atoms with Gasteiger partial charge in [-0.1, -0.05) is 0 Å². The molecule has 0 fully saturated rings. The summed E-state index contributed by atoms with van der Waals surface area (Å²) in [4.78, 5) is 22.9. The summed E-state index contributed by atoms with van der Waals surface area (Å²) in [6.45, 7) is 5.11. The highest BCUT2D eigenvalue weighted by atomic mass is 16.5. The van der Waals surface area contributed by atoms with E-state index in [9.17, 15) is 9.59 Å². The van der Waals surface area contributed by atoms with Gasteiger partial charge >= 0.3 is 5.97 Å². The van der Waals surface area contributed by atoms with Gasteiger partial charge in [-0.25, -0.2) is 0 Å². The minimum atomic E-state index is -0.234. The Balaban J connectivity index is 2.30. The fraction of sp³-hybridized carbons (Fsp3) is 0.467. The number of amides is 1. The van der Waals surface area contributed by atoms with Crippen molar-refractivity contribution >= 4 is 11.9 Å². The number of rotatable bonds is 8. The van der Waals surface area contributed by atoms with Crippen molar-refractivity contribution in [2.45, 2.75) is 26.7 Å². The van der Waals surface area contributed by atoms with Gasteiger partial charge in [0, 0.05) is 18.5 Å². The Labute approximate surface area is 119 Å². The highest BCUT2D eigenvalue weighted by molar-refractivity contribution is 5.94. The minimum Gasteiger partial charge on any atom is -0.494 e. The van der Waals surface area contributed by atoms with Gasteiger partial charge in [0.15, 0.2) is 0 Å². The summed E-state index contributed by atoms with van der Waals surface area (Å²) in [6.07, 6.45) is 0.888. The van der Waals surface area contributed by atoms with Gasteiger partial charge in [0.2, 0.25) is 0 Å². The van der Waals surface area contributed by atoms with E-state index in [2.05, 4.69) is 5.32 Å². The third kappa shape index (κ3) is 5.73. The Morgan fingerprint density at radius 3 is 2.40 bits per heavy atom. The molecular weight excluding hydrogens is 258 g/mol. The van der Waals surface area contributed by atoms with E-state index in [1.807, 2.05) is 6.92 Å². The monoisotopic (exact) mass is 279 g/mol. The van der Waals surface area contributed by atoms with Crippen molar-refractivity contribution in [3.05, 3.63) is 29.8 Å². The van der Waals surface area contributed by atoms with E-state index in [1.54, 1.807) is 31.2 Å². The maximum atomic E-state index is 11.8. The maximum Gasteiger partial charge on any atom is 0.305 e. The average molecular weight is 279 g/mol. The van der Waals surface area contributed by atoms with Gasteiger partial charge in [0.25, 0.3) is 5.91 Å². The van der Waals surface area contributed by atoms with E-state index < -0.39 is 0 Å². The second-order valence-corrected chi connectivity index (χ2v) is 4.12. The van der Waals surface area contributed by atoms with Crippen molar-refractivity contribution in [1.82, 2.24) is 5.32 Å². The molecule has 5 heteroatoms. The van der Waals surface area contributed by atoms with E-state index in [-0.39, 0.29) is 11.9 Å². The lowest BCUT2D eigenvalue weighted by atomic mass is 10.2. The number of carbonyl (C=O) groups excluding carboxylic acids is 2. The molecule has 0 aromatic heterocycles. The van der Waals surface area contributed by atoms with Crippen LogP contribution in [0.1, 0.15) is 37.0 Å². The molecule has 0 aliphatic heterocycles. The zero-order valence-electron chi connectivity index (χ0n) is 12.0. The van der Waals surface area contributed by atoms with Crippen LogP contribution in [0, 0.1) is 0 Å². The second-order valence-electron chi connectivity index (χ2n) is 4.12. The maximum absolute atomic E-state index is 11.8. The lowest BCUT2D eigenvalue weighted by Crippen LogP contribution is -2.25. The number of hydrogen-bond acceptors (Lipinski definition) is 4. The van der Waals surface area contributed by atoms with E-state index >= 15 is 0 Å². The SMILES string of the molecule is CCOC(=O)CCCNC(=O)c1ccc(OCC)cc1. The van der Waals surface area contributed by atoms with E-state index in [0.717, 1.165) is 5.75 Å². The normalized spacial score (nSPS) is 9.90. The lowest BCUT2D eigenvalue weighted by Gasteiger charge is -2.06. The van der Waals surface area contributed by atoms with Gasteiger partial charge in [-0.15, -0.1) is 0 Å². The van der Waals surface area contributed by atoms with Gasteiger partial charge in [0.05, 0.1) is 13.2 Å². The molecule has 0 heterocycles. The molecule has 1 rings (SSSR count). The summed E-state index contributed by atoms with van der Waals surface area (Å²) < 4.78 is 10.1. The third-order valence-electron chi connectivity index (χ3n) is 2.58. The predicted octanol–water partition coefficient (Wildman–Crippen LogP) is 2.16. The van der Waals surface area contributed by atoms with Crippen molar-refractivity contribution in [3.8, 4) is 5.75 Å². The lowest BCUT2D eigenvalue weighted by molar-refractivity contribution is -0.143. The summed E-state index contributed by atoms with van der Waals surface area (Å²) >= 11 is 0. The van der Waals surface area contributed by atoms with Crippen LogP contribution in [0.4, 0.5) is 0 Å². The number of esters is 1. The molecule has 1 amide bonds. The molecule has 20 heavy (non-hydrogen) atoms. The molecule has 1 aromatic rings. The molecule has 0 bridgehead atoms. The Morgan fingerprint density at radius 1 is 1.10 bits per heavy atom. The fourth-order valence-corrected chi connectivity index (χ4v) is 1.64. The molecular formula is C15H21NO4. The highest BCUT2D eigenvalue weighted by Gasteiger charge is 2.06. The number of ether oxygens (including phenoxy) is 2. The van der Waals surface area contributed by atoms with Gasteiger partial charge in [-0.2, -0.15) is 0 Å². The topological polar surface area (TPSA) is 64.6 Å². The molecule has 110 valence electrons. The summed E-state index contributed by atoms with van der Waals surface area (Å²) in [5.41, 5.74) is 0.574. The quantitative estimate of drug-likeness (QED) is 0.585. The van der Waals surface area contributed by atoms with E-state index in [1.165, 1.54) is 0 Å². The van der Waals surface area contributed by atoms with Gasteiger partial charge in [-0.05, 0) is 44.5 Å². The standard InChI is InChI=1S/C15H21NO4/c1-3-19-13-9-7-12(8-10-13)15(18)16-11-5-6-14(17)20-4-2/h7-10H,3-6,11H2,1-2H3,(H,16,18). The zero-order valence-corrected chi connectivity index (χ0v) is 12.0. The van der Waals surface area contributed by atoms with Crippen LogP contribution >= 0.6 is 0 Å². The number of hydrogen-bond donors (Lipinski definition) is 1. The van der Waals surface area contributed by atoms with Crippen molar-refractivity contribution in [1.29, 1.82) is 0 Å². The van der Waals surface area contributed by atoms with Crippen LogP contribution in [0.25, 0.3) is 0 Å². The second kappa shape index (κ2) is 8.96. The Bertz CT molecular complexity index is 428. The first kappa shape index (κ1) is 16.0. The molecule has 0 atom stereocenters. The number of benzene rings is 1. The van der Waals surface area contributed by atoms with Gasteiger partial charge < -0.3 is 14.8 Å². The number of carbonyl (C=O) groups is 2. The fourth-order valence-electron chi connectivity index (χ4n) is 1.64. The molecule has 0 spiro atoms. The first-order valence-corrected chi connectivity index (χ1v) is 6.84. The summed E-state index contributed by atoms with van der Waals surface area (Å²) in [5.74, 6) is 0.353. The summed E-state index contributed by atoms with van der Waals surface area (Å²) in [5, 5.41) is 2.76. The van der Waals surface area contributed by atoms with Crippen LogP contribution < -0.4 is 10.1 Å². The zero-order chi connectivity index (χ0) is 14.8. The largest absolute Gasteiger partial charge is 0.494 e. The molecule has 0 aliphatic rings. The molecule has 1 aromatic carbocycles. The van der Waals surface area contributed by atoms with Crippen molar-refractivity contribution in [2.24, 2.45) is 0 Å². The van der Waals surface area contributed by atoms with Crippen LogP contribution in [-0.2, 0) is 9.53 Å². The average Bonchev–Trinajstić information content (AvgIpc) is 2.45. The van der Waals surface area contributed by atoms with Crippen molar-refractivity contribution in [3.63, 3.8) is 0 Å². The van der Waals surface area contributed by atoms with Crippen LogP contribution in [0.15, 0.2) is 24.3 Å². The molecule has 0 saturated carbocycles. The first-order chi connectivity index (χ1) is 9.67. The highest BCUT2D eigenvalue weighted by Crippen LogP contribution is 2.11. The molecule has 0 saturated heterocycles. The van der Waals surface area contributed by atoms with Crippen LogP contribution in [-0.4, -0.2) is 31.6 Å². The van der Waals surface area contributed by atoms with Crippen LogP contribution in [0.2, 0.25) is 0 Å². The molecule has 5 nitrogen and oxygen atoms in total. The van der Waals surface area contributed by atoms with Crippen LogP contribution in [0.3, 0.4) is 0 Å². The molecule has 0 radical (unpaired) electrons. The third-order valence-corrected chi connectivity index (χ3v) is 2.58. The molecule has 0 aliphatic carbocycles. The Hall–Kier alpha value is -2.04. The van der Waals surface area contributed by atoms with E-state index in [4.69, 9.17) is 9.47 Å². The molecule has 1 N–H and O–H groups in total. The summed E-state index contributed by atoms with van der Waals surface area (Å²) in [6, 6.07) is 6.95. The first-order valence-electron chi connectivity index (χ1n) is 6.84. The number of nitrogens with one attached hydrogen (secondary N) is 1. The Kier molecular flexibility index (Phi) is 7.17.